The summed E-state index contributed by atoms with van der Waals surface area (Å²) >= 11 is 0. The van der Waals surface area contributed by atoms with E-state index in [4.69, 9.17) is 9.47 Å². The minimum Gasteiger partial charge on any atom is -0.492 e. The number of fused-ring (bicyclic) bond motifs is 1. The lowest BCUT2D eigenvalue weighted by atomic mass is 9.87. The molecule has 0 unspecified atom stereocenters. The molecule has 1 fully saturated rings. The molecule has 25 heavy (non-hydrogen) atoms. The van der Waals surface area contributed by atoms with E-state index in [1.807, 2.05) is 24.4 Å². The van der Waals surface area contributed by atoms with Crippen LogP contribution in [0.3, 0.4) is 0 Å². The topological polar surface area (TPSA) is 46.6 Å². The van der Waals surface area contributed by atoms with Gasteiger partial charge in [-0.1, -0.05) is 13.8 Å². The summed E-state index contributed by atoms with van der Waals surface area (Å²) in [5.74, 6) is 2.35. The van der Waals surface area contributed by atoms with Gasteiger partial charge < -0.3 is 14.4 Å². The summed E-state index contributed by atoms with van der Waals surface area (Å²) in [5.41, 5.74) is 2.44. The molecule has 132 valence electrons. The van der Waals surface area contributed by atoms with Crippen molar-refractivity contribution in [2.45, 2.75) is 38.6 Å². The molecule has 0 aliphatic carbocycles. The molecule has 1 saturated heterocycles. The summed E-state index contributed by atoms with van der Waals surface area (Å²) in [7, 11) is 0. The fourth-order valence-electron chi connectivity index (χ4n) is 3.38. The van der Waals surface area contributed by atoms with Gasteiger partial charge in [0.1, 0.15) is 11.5 Å². The highest BCUT2D eigenvalue weighted by molar-refractivity contribution is 5.49. The van der Waals surface area contributed by atoms with Crippen molar-refractivity contribution in [3.05, 3.63) is 42.1 Å². The number of anilines is 1. The molecule has 0 radical (unpaired) electrons. The Balaban J connectivity index is 1.49. The Morgan fingerprint density at radius 3 is 2.68 bits per heavy atom. The number of ether oxygens (including phenoxy) is 2. The van der Waals surface area contributed by atoms with Crippen LogP contribution in [0.1, 0.15) is 33.3 Å². The van der Waals surface area contributed by atoms with Gasteiger partial charge in [-0.3, -0.25) is 5.32 Å². The van der Waals surface area contributed by atoms with Crippen LogP contribution in [-0.2, 0) is 5.41 Å². The molecule has 4 rings (SSSR count). The zero-order chi connectivity index (χ0) is 17.7. The Kier molecular flexibility index (Phi) is 3.65. The lowest BCUT2D eigenvalue weighted by molar-refractivity contribution is 0.291. The highest BCUT2D eigenvalue weighted by Gasteiger charge is 2.32. The molecule has 5 nitrogen and oxygen atoms in total. The SMILES string of the molecule is CC1(C)CN(c2ccc(Oc3ccc4c(c3)C(C)(C)CO4)nc2)CN1. The van der Waals surface area contributed by atoms with Crippen LogP contribution in [0.15, 0.2) is 36.5 Å². The van der Waals surface area contributed by atoms with Crippen LogP contribution in [0, 0.1) is 0 Å². The Labute approximate surface area is 149 Å². The highest BCUT2D eigenvalue weighted by Crippen LogP contribution is 2.40. The van der Waals surface area contributed by atoms with Gasteiger partial charge in [-0.15, -0.1) is 0 Å². The van der Waals surface area contributed by atoms with Crippen molar-refractivity contribution >= 4 is 5.69 Å². The molecular formula is C20H25N3O2. The first kappa shape index (κ1) is 16.2. The van der Waals surface area contributed by atoms with Crippen LogP contribution < -0.4 is 19.7 Å². The largest absolute Gasteiger partial charge is 0.492 e. The van der Waals surface area contributed by atoms with Crippen molar-refractivity contribution in [1.82, 2.24) is 10.3 Å². The first-order valence-corrected chi connectivity index (χ1v) is 8.74. The lowest BCUT2D eigenvalue weighted by Gasteiger charge is -2.20. The number of benzene rings is 1. The third kappa shape index (κ3) is 3.16. The monoisotopic (exact) mass is 339 g/mol. The van der Waals surface area contributed by atoms with E-state index in [2.05, 4.69) is 55.0 Å². The minimum absolute atomic E-state index is 0.0154. The lowest BCUT2D eigenvalue weighted by Crippen LogP contribution is -2.34. The first-order valence-electron chi connectivity index (χ1n) is 8.74. The summed E-state index contributed by atoms with van der Waals surface area (Å²) in [4.78, 5) is 6.76. The van der Waals surface area contributed by atoms with E-state index in [0.29, 0.717) is 12.5 Å². The molecule has 2 aliphatic heterocycles. The molecular weight excluding hydrogens is 314 g/mol. The number of nitrogens with one attached hydrogen (secondary N) is 1. The molecule has 2 aromatic rings. The summed E-state index contributed by atoms with van der Waals surface area (Å²) in [6.07, 6.45) is 1.87. The maximum Gasteiger partial charge on any atom is 0.219 e. The molecule has 1 aromatic heterocycles. The first-order chi connectivity index (χ1) is 11.8. The zero-order valence-corrected chi connectivity index (χ0v) is 15.3. The van der Waals surface area contributed by atoms with Gasteiger partial charge in [-0.25, -0.2) is 4.98 Å². The number of aromatic nitrogens is 1. The fourth-order valence-corrected chi connectivity index (χ4v) is 3.38. The summed E-state index contributed by atoms with van der Waals surface area (Å²) in [6.45, 7) is 11.3. The third-order valence-electron chi connectivity index (χ3n) is 4.91. The van der Waals surface area contributed by atoms with Crippen molar-refractivity contribution in [3.63, 3.8) is 0 Å². The third-order valence-corrected chi connectivity index (χ3v) is 4.91. The van der Waals surface area contributed by atoms with E-state index in [1.165, 1.54) is 5.56 Å². The van der Waals surface area contributed by atoms with Crippen molar-refractivity contribution in [2.24, 2.45) is 0 Å². The fraction of sp³-hybridized carbons (Fsp3) is 0.450. The molecule has 0 bridgehead atoms. The molecule has 0 amide bonds. The Morgan fingerprint density at radius 1 is 1.16 bits per heavy atom. The molecule has 2 aliphatic rings. The van der Waals surface area contributed by atoms with E-state index in [0.717, 1.165) is 30.4 Å². The number of rotatable bonds is 3. The Bertz CT molecular complexity index is 784. The summed E-state index contributed by atoms with van der Waals surface area (Å²) < 4.78 is 11.7. The zero-order valence-electron chi connectivity index (χ0n) is 15.3. The quantitative estimate of drug-likeness (QED) is 0.924. The van der Waals surface area contributed by atoms with E-state index in [1.54, 1.807) is 0 Å². The molecule has 3 heterocycles. The van der Waals surface area contributed by atoms with Gasteiger partial charge in [0.15, 0.2) is 0 Å². The van der Waals surface area contributed by atoms with E-state index < -0.39 is 0 Å². The van der Waals surface area contributed by atoms with Crippen LogP contribution in [0.25, 0.3) is 0 Å². The molecule has 0 atom stereocenters. The average Bonchev–Trinajstić information content (AvgIpc) is 3.08. The van der Waals surface area contributed by atoms with E-state index in [-0.39, 0.29) is 11.0 Å². The van der Waals surface area contributed by atoms with Gasteiger partial charge in [0.2, 0.25) is 5.88 Å². The van der Waals surface area contributed by atoms with Gasteiger partial charge in [0.25, 0.3) is 0 Å². The second kappa shape index (κ2) is 5.63. The van der Waals surface area contributed by atoms with Crippen molar-refractivity contribution < 1.29 is 9.47 Å². The van der Waals surface area contributed by atoms with E-state index in [9.17, 15) is 0 Å². The van der Waals surface area contributed by atoms with Crippen LogP contribution in [-0.4, -0.2) is 30.3 Å². The maximum atomic E-state index is 5.95. The molecule has 0 saturated carbocycles. The molecule has 5 heteroatoms. The minimum atomic E-state index is 0.0154. The maximum absolute atomic E-state index is 5.95. The predicted octanol–water partition coefficient (Wildman–Crippen LogP) is 3.69. The number of pyridine rings is 1. The predicted molar refractivity (Wildman–Crippen MR) is 98.7 cm³/mol. The standard InChI is InChI=1S/C20H25N3O2/c1-19(2)12-24-17-7-6-15(9-16(17)19)25-18-8-5-14(10-21-18)23-11-20(3,4)22-13-23/h5-10,22H,11-13H2,1-4H3. The normalized spacial score (nSPS) is 20.2. The second-order valence-electron chi connectivity index (χ2n) is 8.20. The van der Waals surface area contributed by atoms with Crippen LogP contribution in [0.4, 0.5) is 5.69 Å². The van der Waals surface area contributed by atoms with Crippen molar-refractivity contribution in [2.75, 3.05) is 24.7 Å². The van der Waals surface area contributed by atoms with Gasteiger partial charge in [0.05, 0.1) is 25.2 Å². The van der Waals surface area contributed by atoms with Crippen molar-refractivity contribution in [3.8, 4) is 17.4 Å². The number of nitrogens with zero attached hydrogens (tertiary/aromatic N) is 2. The second-order valence-corrected chi connectivity index (χ2v) is 8.20. The molecule has 1 aromatic carbocycles. The Morgan fingerprint density at radius 2 is 2.00 bits per heavy atom. The van der Waals surface area contributed by atoms with Crippen molar-refractivity contribution in [1.29, 1.82) is 0 Å². The Hall–Kier alpha value is -2.27. The molecule has 0 spiro atoms. The van der Waals surface area contributed by atoms with Gasteiger partial charge in [0, 0.05) is 29.1 Å². The van der Waals surface area contributed by atoms with Gasteiger partial charge in [-0.2, -0.15) is 0 Å². The smallest absolute Gasteiger partial charge is 0.219 e. The molecule has 1 N–H and O–H groups in total. The summed E-state index contributed by atoms with van der Waals surface area (Å²) in [6, 6.07) is 9.96. The van der Waals surface area contributed by atoms with Gasteiger partial charge in [-0.05, 0) is 38.1 Å². The van der Waals surface area contributed by atoms with Gasteiger partial charge >= 0.3 is 0 Å². The van der Waals surface area contributed by atoms with Crippen LogP contribution >= 0.6 is 0 Å². The highest BCUT2D eigenvalue weighted by atomic mass is 16.5. The van der Waals surface area contributed by atoms with E-state index >= 15 is 0 Å². The number of hydrogen-bond acceptors (Lipinski definition) is 5. The number of hydrogen-bond donors (Lipinski definition) is 1. The van der Waals surface area contributed by atoms with Crippen LogP contribution in [0.2, 0.25) is 0 Å². The average molecular weight is 339 g/mol. The van der Waals surface area contributed by atoms with Crippen LogP contribution in [0.5, 0.6) is 17.4 Å². The summed E-state index contributed by atoms with van der Waals surface area (Å²) in [5, 5.41) is 3.49.